The van der Waals surface area contributed by atoms with Crippen molar-refractivity contribution in [3.05, 3.63) is 64.4 Å². The van der Waals surface area contributed by atoms with Gasteiger partial charge in [0.25, 0.3) is 0 Å². The molecule has 1 heterocycles. The van der Waals surface area contributed by atoms with E-state index >= 15 is 0 Å². The maximum absolute atomic E-state index is 6.21. The van der Waals surface area contributed by atoms with Crippen molar-refractivity contribution in [2.45, 2.75) is 32.0 Å². The minimum atomic E-state index is 0.366. The summed E-state index contributed by atoms with van der Waals surface area (Å²) in [6, 6.07) is 13.3. The van der Waals surface area contributed by atoms with Crippen LogP contribution in [0.2, 0.25) is 5.02 Å². The predicted octanol–water partition coefficient (Wildman–Crippen LogP) is 5.08. The molecule has 0 saturated carbocycles. The highest BCUT2D eigenvalue weighted by atomic mass is 35.5. The zero-order valence-corrected chi connectivity index (χ0v) is 18.2. The van der Waals surface area contributed by atoms with E-state index in [4.69, 9.17) is 21.1 Å². The molecule has 2 aromatic carbocycles. The highest BCUT2D eigenvalue weighted by Gasteiger charge is 2.10. The van der Waals surface area contributed by atoms with Gasteiger partial charge in [0.2, 0.25) is 5.16 Å². The van der Waals surface area contributed by atoms with Gasteiger partial charge in [-0.2, -0.15) is 9.78 Å². The molecule has 0 aliphatic heterocycles. The van der Waals surface area contributed by atoms with Gasteiger partial charge in [0.15, 0.2) is 17.3 Å². The molecule has 0 aliphatic rings. The minimum Gasteiger partial charge on any atom is -0.490 e. The molecule has 0 radical (unpaired) electrons. The van der Waals surface area contributed by atoms with E-state index in [1.165, 1.54) is 11.8 Å². The standard InChI is InChI=1S/C21H23ClN4O2S/c1-4-20-24-25-21(29-3)26(20)23-13-15-10-11-18(19(12-15)27-5-2)28-14-16-8-6-7-9-17(16)22/h6-13H,4-5,14H2,1-3H3/b23-13-. The van der Waals surface area contributed by atoms with Gasteiger partial charge in [0, 0.05) is 17.0 Å². The Kier molecular flexibility index (Phi) is 7.55. The molecule has 0 aliphatic carbocycles. The third kappa shape index (κ3) is 5.31. The number of aromatic nitrogens is 3. The van der Waals surface area contributed by atoms with Crippen molar-refractivity contribution in [3.8, 4) is 11.5 Å². The van der Waals surface area contributed by atoms with Crippen molar-refractivity contribution in [2.75, 3.05) is 12.9 Å². The first-order valence-electron chi connectivity index (χ1n) is 9.31. The van der Waals surface area contributed by atoms with E-state index in [2.05, 4.69) is 15.3 Å². The van der Waals surface area contributed by atoms with Crippen molar-refractivity contribution in [1.29, 1.82) is 0 Å². The first-order valence-corrected chi connectivity index (χ1v) is 10.9. The van der Waals surface area contributed by atoms with E-state index in [9.17, 15) is 0 Å². The van der Waals surface area contributed by atoms with E-state index in [1.54, 1.807) is 10.9 Å². The van der Waals surface area contributed by atoms with E-state index < -0.39 is 0 Å². The lowest BCUT2D eigenvalue weighted by molar-refractivity contribution is 0.269. The third-order valence-electron chi connectivity index (χ3n) is 4.11. The van der Waals surface area contributed by atoms with Crippen LogP contribution in [0.25, 0.3) is 0 Å². The van der Waals surface area contributed by atoms with Gasteiger partial charge in [-0.3, -0.25) is 0 Å². The smallest absolute Gasteiger partial charge is 0.211 e. The van der Waals surface area contributed by atoms with Crippen LogP contribution < -0.4 is 9.47 Å². The lowest BCUT2D eigenvalue weighted by Gasteiger charge is -2.13. The Morgan fingerprint density at radius 3 is 2.66 bits per heavy atom. The number of nitrogens with zero attached hydrogens (tertiary/aromatic N) is 4. The zero-order valence-electron chi connectivity index (χ0n) is 16.6. The fourth-order valence-corrected chi connectivity index (χ4v) is 3.29. The second-order valence-electron chi connectivity index (χ2n) is 6.03. The number of thioether (sulfide) groups is 1. The summed E-state index contributed by atoms with van der Waals surface area (Å²) in [5.74, 6) is 2.13. The molecule has 0 N–H and O–H groups in total. The van der Waals surface area contributed by atoms with Crippen LogP contribution in [0.3, 0.4) is 0 Å². The van der Waals surface area contributed by atoms with Crippen molar-refractivity contribution in [3.63, 3.8) is 0 Å². The number of halogens is 1. The van der Waals surface area contributed by atoms with Gasteiger partial charge >= 0.3 is 0 Å². The molecule has 0 bridgehead atoms. The molecule has 6 nitrogen and oxygen atoms in total. The highest BCUT2D eigenvalue weighted by Crippen LogP contribution is 2.29. The fourth-order valence-electron chi connectivity index (χ4n) is 2.65. The summed E-state index contributed by atoms with van der Waals surface area (Å²) in [6.45, 7) is 4.86. The number of benzene rings is 2. The number of ether oxygens (including phenoxy) is 2. The molecular weight excluding hydrogens is 408 g/mol. The van der Waals surface area contributed by atoms with E-state index in [0.29, 0.717) is 29.7 Å². The topological polar surface area (TPSA) is 61.5 Å². The molecule has 3 rings (SSSR count). The third-order valence-corrected chi connectivity index (χ3v) is 5.09. The molecule has 0 amide bonds. The zero-order chi connectivity index (χ0) is 20.6. The number of rotatable bonds is 9. The first kappa shape index (κ1) is 21.2. The Bertz CT molecular complexity index is 969. The van der Waals surface area contributed by atoms with Gasteiger partial charge in [-0.05, 0) is 43.0 Å². The molecule has 29 heavy (non-hydrogen) atoms. The summed E-state index contributed by atoms with van der Waals surface area (Å²) in [6.07, 6.45) is 4.47. The van der Waals surface area contributed by atoms with Crippen molar-refractivity contribution in [2.24, 2.45) is 5.10 Å². The average Bonchev–Trinajstić information content (AvgIpc) is 3.14. The van der Waals surface area contributed by atoms with Gasteiger partial charge in [-0.1, -0.05) is 48.5 Å². The van der Waals surface area contributed by atoms with Gasteiger partial charge < -0.3 is 9.47 Å². The molecule has 8 heteroatoms. The maximum atomic E-state index is 6.21. The van der Waals surface area contributed by atoms with Gasteiger partial charge in [-0.15, -0.1) is 10.2 Å². The van der Waals surface area contributed by atoms with E-state index in [-0.39, 0.29) is 0 Å². The normalized spacial score (nSPS) is 11.2. The SMILES string of the molecule is CCOc1cc(/C=N\n2c(CC)nnc2SC)ccc1OCc1ccccc1Cl. The minimum absolute atomic E-state index is 0.366. The molecule has 1 aromatic heterocycles. The summed E-state index contributed by atoms with van der Waals surface area (Å²) < 4.78 is 13.5. The van der Waals surface area contributed by atoms with Crippen LogP contribution in [0.4, 0.5) is 0 Å². The lowest BCUT2D eigenvalue weighted by atomic mass is 10.2. The quantitative estimate of drug-likeness (QED) is 0.350. The monoisotopic (exact) mass is 430 g/mol. The van der Waals surface area contributed by atoms with Gasteiger partial charge in [0.05, 0.1) is 12.8 Å². The van der Waals surface area contributed by atoms with Crippen LogP contribution in [0.1, 0.15) is 30.8 Å². The summed E-state index contributed by atoms with van der Waals surface area (Å²) in [7, 11) is 0. The summed E-state index contributed by atoms with van der Waals surface area (Å²) in [5, 5.41) is 14.3. The molecule has 0 atom stereocenters. The Morgan fingerprint density at radius 2 is 1.93 bits per heavy atom. The average molecular weight is 431 g/mol. The Labute approximate surface area is 179 Å². The molecule has 0 unspecified atom stereocenters. The lowest BCUT2D eigenvalue weighted by Crippen LogP contribution is -2.02. The van der Waals surface area contributed by atoms with Crippen LogP contribution in [0.5, 0.6) is 11.5 Å². The number of hydrogen-bond acceptors (Lipinski definition) is 6. The van der Waals surface area contributed by atoms with E-state index in [0.717, 1.165) is 28.5 Å². The summed E-state index contributed by atoms with van der Waals surface area (Å²) >= 11 is 7.72. The summed E-state index contributed by atoms with van der Waals surface area (Å²) in [4.78, 5) is 0. The van der Waals surface area contributed by atoms with Gasteiger partial charge in [0.1, 0.15) is 6.61 Å². The molecule has 0 spiro atoms. The van der Waals surface area contributed by atoms with Crippen molar-refractivity contribution < 1.29 is 9.47 Å². The molecule has 3 aromatic rings. The van der Waals surface area contributed by atoms with Gasteiger partial charge in [-0.25, -0.2) is 0 Å². The van der Waals surface area contributed by atoms with Crippen LogP contribution in [-0.2, 0) is 13.0 Å². The van der Waals surface area contributed by atoms with E-state index in [1.807, 2.05) is 62.6 Å². The maximum Gasteiger partial charge on any atom is 0.211 e. The first-order chi connectivity index (χ1) is 14.2. The van der Waals surface area contributed by atoms with Crippen LogP contribution in [0.15, 0.2) is 52.7 Å². The molecule has 0 fully saturated rings. The molecule has 0 saturated heterocycles. The highest BCUT2D eigenvalue weighted by molar-refractivity contribution is 7.98. The van der Waals surface area contributed by atoms with Crippen LogP contribution in [-0.4, -0.2) is 34.0 Å². The number of aryl methyl sites for hydroxylation is 1. The largest absolute Gasteiger partial charge is 0.490 e. The Balaban J connectivity index is 1.80. The number of hydrogen-bond donors (Lipinski definition) is 0. The Morgan fingerprint density at radius 1 is 1.10 bits per heavy atom. The fraction of sp³-hybridized carbons (Fsp3) is 0.286. The molecule has 152 valence electrons. The second kappa shape index (κ2) is 10.3. The van der Waals surface area contributed by atoms with Crippen LogP contribution >= 0.6 is 23.4 Å². The molecular formula is C21H23ClN4O2S. The summed E-state index contributed by atoms with van der Waals surface area (Å²) in [5.41, 5.74) is 1.81. The van der Waals surface area contributed by atoms with Crippen LogP contribution in [0, 0.1) is 0 Å². The predicted molar refractivity (Wildman–Crippen MR) is 118 cm³/mol. The van der Waals surface area contributed by atoms with Crippen molar-refractivity contribution >= 4 is 29.6 Å². The Hall–Kier alpha value is -2.51. The second-order valence-corrected chi connectivity index (χ2v) is 7.21. The van der Waals surface area contributed by atoms with Crippen molar-refractivity contribution in [1.82, 2.24) is 14.9 Å².